The van der Waals surface area contributed by atoms with Crippen LogP contribution in [0.2, 0.25) is 0 Å². The van der Waals surface area contributed by atoms with Gasteiger partial charge in [0.05, 0.1) is 22.9 Å². The first kappa shape index (κ1) is 40.0. The minimum Gasteiger partial charge on any atom is -0.467 e. The number of benzene rings is 2. The molecule has 2 aromatic carbocycles. The molecule has 1 saturated carbocycles. The van der Waals surface area contributed by atoms with E-state index in [1.54, 1.807) is 17.9 Å². The van der Waals surface area contributed by atoms with Gasteiger partial charge in [-0.3, -0.25) is 4.90 Å². The van der Waals surface area contributed by atoms with Gasteiger partial charge in [0.2, 0.25) is 0 Å². The highest BCUT2D eigenvalue weighted by atomic mass is 32.1. The quantitative estimate of drug-likeness (QED) is 0.191. The number of thiophene rings is 1. The van der Waals surface area contributed by atoms with Gasteiger partial charge in [0.25, 0.3) is 0 Å². The number of nitrogens with zero attached hydrogens (tertiary/aromatic N) is 5. The Morgan fingerprint density at radius 3 is 2.44 bits per heavy atom. The molecule has 8 rings (SSSR count). The fraction of sp³-hybridized carbons (Fsp3) is 0.514. The summed E-state index contributed by atoms with van der Waals surface area (Å²) >= 11 is 0.698. The standard InChI is InChI=1S/C21H14F5N5OS.C9H14FNO2.C7H12FN/c1-3-29-19-9-6-11(21(24,25)26)14(15(23)16(9)30-20(31-19)32-2)8-4-5-12(22)17-13(8)10(7-27)18(28)33-17;10-7-5-8(6-7)13-9(12)11-3-1-2-4-11;8-6-4-7-2-1-3-9(7)5-6/h4-6H,3,28H2,1-2H3,(H,29,30,31);7-8H,1-6H2;6-7H,1-5H2. The lowest BCUT2D eigenvalue weighted by Crippen LogP contribution is -2.39. The van der Waals surface area contributed by atoms with Crippen molar-refractivity contribution in [3.8, 4) is 23.2 Å². The number of nitrogen functional groups attached to an aromatic ring is 1. The highest BCUT2D eigenvalue weighted by Crippen LogP contribution is 2.47. The largest absolute Gasteiger partial charge is 0.467 e. The summed E-state index contributed by atoms with van der Waals surface area (Å²) < 4.78 is 108. The summed E-state index contributed by atoms with van der Waals surface area (Å²) in [5, 5.41) is 11.8. The van der Waals surface area contributed by atoms with Crippen LogP contribution in [0.15, 0.2) is 18.2 Å². The third-order valence-electron chi connectivity index (χ3n) is 10.1. The number of amides is 1. The average Bonchev–Trinajstić information content (AvgIpc) is 3.94. The molecule has 1 amide bonds. The normalized spacial score (nSPS) is 21.9. The summed E-state index contributed by atoms with van der Waals surface area (Å²) in [5.41, 5.74) is 2.59. The van der Waals surface area contributed by atoms with Crippen LogP contribution >= 0.6 is 11.3 Å². The Morgan fingerprint density at radius 2 is 1.82 bits per heavy atom. The van der Waals surface area contributed by atoms with E-state index < -0.39 is 46.8 Å². The van der Waals surface area contributed by atoms with E-state index >= 15 is 4.39 Å². The van der Waals surface area contributed by atoms with Gasteiger partial charge in [-0.15, -0.1) is 11.3 Å². The third-order valence-corrected chi connectivity index (χ3v) is 11.1. The Bertz CT molecular complexity index is 2070. The second kappa shape index (κ2) is 16.6. The summed E-state index contributed by atoms with van der Waals surface area (Å²) in [7, 11) is 1.23. The lowest BCUT2D eigenvalue weighted by molar-refractivity contribution is -0.137. The molecule has 296 valence electrons. The molecule has 4 aromatic rings. The first-order valence-electron chi connectivity index (χ1n) is 18.0. The van der Waals surface area contributed by atoms with Gasteiger partial charge in [0.1, 0.15) is 46.7 Å². The second-order valence-corrected chi connectivity index (χ2v) is 14.8. The average molecular weight is 796 g/mol. The Hall–Kier alpha value is -4.63. The maximum Gasteiger partial charge on any atom is 0.417 e. The molecule has 1 aliphatic carbocycles. The van der Waals surface area contributed by atoms with Gasteiger partial charge >= 0.3 is 18.3 Å². The number of ether oxygens (including phenoxy) is 2. The first-order chi connectivity index (χ1) is 26.2. The summed E-state index contributed by atoms with van der Waals surface area (Å²) in [5.74, 6) is -2.15. The fourth-order valence-electron chi connectivity index (χ4n) is 7.34. The molecular formula is C37H40F7N7O3S. The van der Waals surface area contributed by atoms with Gasteiger partial charge in [0, 0.05) is 61.4 Å². The van der Waals surface area contributed by atoms with Crippen LogP contribution in [0.1, 0.15) is 63.0 Å². The molecule has 3 saturated heterocycles. The van der Waals surface area contributed by atoms with Crippen LogP contribution in [0.3, 0.4) is 0 Å². The molecule has 2 unspecified atom stereocenters. The number of carbonyl (C=O) groups excluding carboxylic acids is 1. The van der Waals surface area contributed by atoms with Gasteiger partial charge in [-0.05, 0) is 63.3 Å². The number of fused-ring (bicyclic) bond motifs is 3. The summed E-state index contributed by atoms with van der Waals surface area (Å²) in [6.07, 6.45) is -0.458. The van der Waals surface area contributed by atoms with E-state index in [0.717, 1.165) is 57.1 Å². The van der Waals surface area contributed by atoms with Gasteiger partial charge in [-0.25, -0.2) is 22.4 Å². The number of anilines is 2. The van der Waals surface area contributed by atoms with Crippen LogP contribution in [0, 0.1) is 23.0 Å². The number of nitrogens with one attached hydrogen (secondary N) is 1. The fourth-order valence-corrected chi connectivity index (χ4v) is 8.29. The number of aromatic nitrogens is 2. The van der Waals surface area contributed by atoms with E-state index in [4.69, 9.17) is 15.2 Å². The maximum absolute atomic E-state index is 15.9. The van der Waals surface area contributed by atoms with Crippen molar-refractivity contribution in [1.82, 2.24) is 19.8 Å². The van der Waals surface area contributed by atoms with Crippen molar-refractivity contribution in [2.45, 2.75) is 82.5 Å². The van der Waals surface area contributed by atoms with Crippen molar-refractivity contribution < 1.29 is 45.0 Å². The first-order valence-corrected chi connectivity index (χ1v) is 18.8. The maximum atomic E-state index is 15.9. The molecular weight excluding hydrogens is 756 g/mol. The van der Waals surface area contributed by atoms with E-state index in [-0.39, 0.29) is 62.2 Å². The SMILES string of the molecule is CCNc1nc(OC)nc2c(F)c(-c3ccc(F)c4sc(N)c(C#N)c34)c(C(F)(F)F)cc12.FC1CC2CCCN2C1.O=C(OC1CC(F)C1)N1CCCC1. The molecule has 5 heterocycles. The molecule has 18 heteroatoms. The Balaban J connectivity index is 0.000000187. The van der Waals surface area contributed by atoms with Crippen molar-refractivity contribution in [3.63, 3.8) is 0 Å². The Labute approximate surface area is 316 Å². The molecule has 4 fully saturated rings. The highest BCUT2D eigenvalue weighted by Gasteiger charge is 2.39. The van der Waals surface area contributed by atoms with E-state index in [9.17, 15) is 36.4 Å². The van der Waals surface area contributed by atoms with E-state index in [2.05, 4.69) is 20.2 Å². The van der Waals surface area contributed by atoms with Gasteiger partial charge in [-0.2, -0.15) is 28.4 Å². The van der Waals surface area contributed by atoms with Crippen molar-refractivity contribution in [3.05, 3.63) is 41.0 Å². The number of nitriles is 1. The van der Waals surface area contributed by atoms with E-state index in [0.29, 0.717) is 36.8 Å². The highest BCUT2D eigenvalue weighted by molar-refractivity contribution is 7.23. The van der Waals surface area contributed by atoms with Crippen LogP contribution in [0.25, 0.3) is 32.1 Å². The lowest BCUT2D eigenvalue weighted by Gasteiger charge is -2.30. The molecule has 0 spiro atoms. The molecule has 2 aromatic heterocycles. The van der Waals surface area contributed by atoms with Crippen LogP contribution in [-0.4, -0.2) is 90.2 Å². The molecule has 3 aliphatic heterocycles. The lowest BCUT2D eigenvalue weighted by atomic mass is 9.92. The predicted octanol–water partition coefficient (Wildman–Crippen LogP) is 8.61. The number of rotatable bonds is 5. The molecule has 3 N–H and O–H groups in total. The monoisotopic (exact) mass is 795 g/mol. The number of carbonyl (C=O) groups is 1. The minimum atomic E-state index is -5.00. The van der Waals surface area contributed by atoms with Gasteiger partial charge in [0.15, 0.2) is 5.82 Å². The molecule has 10 nitrogen and oxygen atoms in total. The number of alkyl halides is 5. The summed E-state index contributed by atoms with van der Waals surface area (Å²) in [6.45, 7) is 5.43. The van der Waals surface area contributed by atoms with E-state index in [1.165, 1.54) is 20.0 Å². The number of methoxy groups -OCH3 is 1. The Kier molecular flexibility index (Phi) is 12.1. The number of hydrogen-bond donors (Lipinski definition) is 2. The number of hydrogen-bond acceptors (Lipinski definition) is 10. The predicted molar refractivity (Wildman–Crippen MR) is 194 cm³/mol. The second-order valence-electron chi connectivity index (χ2n) is 13.7. The van der Waals surface area contributed by atoms with Crippen LogP contribution in [-0.2, 0) is 10.9 Å². The number of nitrogens with two attached hydrogens (primary N) is 1. The topological polar surface area (TPSA) is 130 Å². The summed E-state index contributed by atoms with van der Waals surface area (Å²) in [4.78, 5) is 23.2. The van der Waals surface area contributed by atoms with Crippen LogP contribution < -0.4 is 15.8 Å². The molecule has 0 bridgehead atoms. The molecule has 2 atom stereocenters. The zero-order valence-electron chi connectivity index (χ0n) is 30.1. The Morgan fingerprint density at radius 1 is 1.09 bits per heavy atom. The zero-order chi connectivity index (χ0) is 39.6. The van der Waals surface area contributed by atoms with Crippen LogP contribution in [0.5, 0.6) is 6.01 Å². The van der Waals surface area contributed by atoms with Crippen molar-refractivity contribution >= 4 is 49.2 Å². The molecule has 55 heavy (non-hydrogen) atoms. The van der Waals surface area contributed by atoms with Gasteiger partial charge in [-0.1, -0.05) is 6.07 Å². The zero-order valence-corrected chi connectivity index (χ0v) is 30.9. The van der Waals surface area contributed by atoms with E-state index in [1.807, 2.05) is 0 Å². The van der Waals surface area contributed by atoms with Crippen molar-refractivity contribution in [2.75, 3.05) is 50.9 Å². The molecule has 4 aliphatic rings. The van der Waals surface area contributed by atoms with Crippen molar-refractivity contribution in [2.24, 2.45) is 0 Å². The number of likely N-dealkylation sites (tertiary alicyclic amines) is 1. The third kappa shape index (κ3) is 8.47. The van der Waals surface area contributed by atoms with Gasteiger partial charge < -0.3 is 25.4 Å². The van der Waals surface area contributed by atoms with Crippen LogP contribution in [0.4, 0.5) is 46.3 Å². The van der Waals surface area contributed by atoms with Crippen molar-refractivity contribution in [1.29, 1.82) is 5.26 Å². The minimum absolute atomic E-state index is 0.0444. The smallest absolute Gasteiger partial charge is 0.417 e. The number of halogens is 7. The molecule has 0 radical (unpaired) electrons. The summed E-state index contributed by atoms with van der Waals surface area (Å²) in [6, 6.07) is 4.75.